The van der Waals surface area contributed by atoms with Gasteiger partial charge in [-0.1, -0.05) is 24.3 Å². The molecule has 3 aromatic rings. The summed E-state index contributed by atoms with van der Waals surface area (Å²) in [4.78, 5) is 30.8. The van der Waals surface area contributed by atoms with Crippen molar-refractivity contribution in [2.45, 2.75) is 26.1 Å². The molecule has 1 N–H and O–H groups in total. The van der Waals surface area contributed by atoms with Crippen LogP contribution in [0.25, 0.3) is 11.3 Å². The quantitative estimate of drug-likeness (QED) is 0.561. The minimum absolute atomic E-state index is 0.00397. The van der Waals surface area contributed by atoms with Crippen LogP contribution in [-0.2, 0) is 9.59 Å². The lowest BCUT2D eigenvalue weighted by Gasteiger charge is -2.32. The van der Waals surface area contributed by atoms with Gasteiger partial charge in [-0.15, -0.1) is 11.3 Å². The predicted molar refractivity (Wildman–Crippen MR) is 116 cm³/mol. The molecule has 1 aliphatic heterocycles. The van der Waals surface area contributed by atoms with Crippen LogP contribution in [0, 0.1) is 0 Å². The van der Waals surface area contributed by atoms with Crippen LogP contribution in [0.1, 0.15) is 13.3 Å². The Hall–Kier alpha value is -3.53. The van der Waals surface area contributed by atoms with Crippen LogP contribution in [0.4, 0.5) is 19.6 Å². The number of alkyl halides is 2. The molecular weight excluding hydrogens is 440 g/mol. The summed E-state index contributed by atoms with van der Waals surface area (Å²) < 4.78 is 35.4. The number of benzene rings is 2. The van der Waals surface area contributed by atoms with E-state index >= 15 is 0 Å². The van der Waals surface area contributed by atoms with E-state index in [1.165, 1.54) is 11.0 Å². The molecule has 0 bridgehead atoms. The highest BCUT2D eigenvalue weighted by molar-refractivity contribution is 7.14. The maximum atomic E-state index is 12.6. The highest BCUT2D eigenvalue weighted by Crippen LogP contribution is 2.34. The summed E-state index contributed by atoms with van der Waals surface area (Å²) in [6.07, 6.45) is -0.586. The molecule has 0 radical (unpaired) electrons. The standard InChI is InChI=1S/C22H19F2N3O4S/c1-13-20(29)27(16-7-3-5-9-18(16)30-13)11-10-19(28)26-22-25-15(12-32-22)14-6-2-4-8-17(14)31-21(23)24/h2-9,12-13,21H,10-11H2,1H3,(H,25,26,28). The zero-order valence-electron chi connectivity index (χ0n) is 17.0. The molecule has 2 heterocycles. The molecule has 7 nitrogen and oxygen atoms in total. The lowest BCUT2D eigenvalue weighted by molar-refractivity contribution is -0.125. The van der Waals surface area contributed by atoms with Gasteiger partial charge in [-0.25, -0.2) is 4.98 Å². The average molecular weight is 459 g/mol. The maximum absolute atomic E-state index is 12.6. The smallest absolute Gasteiger partial charge is 0.387 e. The van der Waals surface area contributed by atoms with Gasteiger partial charge in [0.1, 0.15) is 11.5 Å². The summed E-state index contributed by atoms with van der Waals surface area (Å²) in [5, 5.41) is 4.66. The minimum Gasteiger partial charge on any atom is -0.479 e. The first-order valence-electron chi connectivity index (χ1n) is 9.79. The fourth-order valence-electron chi connectivity index (χ4n) is 3.32. The van der Waals surface area contributed by atoms with E-state index in [0.29, 0.717) is 27.8 Å². The molecule has 2 aromatic carbocycles. The fraction of sp³-hybridized carbons (Fsp3) is 0.227. The number of anilines is 2. The van der Waals surface area contributed by atoms with Crippen molar-refractivity contribution in [2.24, 2.45) is 0 Å². The van der Waals surface area contributed by atoms with Gasteiger partial charge >= 0.3 is 6.61 Å². The summed E-state index contributed by atoms with van der Waals surface area (Å²) >= 11 is 1.16. The van der Waals surface area contributed by atoms with Gasteiger partial charge in [-0.3, -0.25) is 9.59 Å². The van der Waals surface area contributed by atoms with Gasteiger partial charge in [-0.2, -0.15) is 8.78 Å². The Morgan fingerprint density at radius 1 is 1.25 bits per heavy atom. The molecule has 1 aliphatic rings. The first-order valence-corrected chi connectivity index (χ1v) is 10.7. The Morgan fingerprint density at radius 3 is 2.81 bits per heavy atom. The van der Waals surface area contributed by atoms with Gasteiger partial charge < -0.3 is 19.7 Å². The summed E-state index contributed by atoms with van der Waals surface area (Å²) in [5.41, 5.74) is 1.43. The Morgan fingerprint density at radius 2 is 2.00 bits per heavy atom. The van der Waals surface area contributed by atoms with Gasteiger partial charge in [0, 0.05) is 23.9 Å². The third kappa shape index (κ3) is 4.70. The van der Waals surface area contributed by atoms with E-state index in [0.717, 1.165) is 11.3 Å². The van der Waals surface area contributed by atoms with E-state index in [1.807, 2.05) is 6.07 Å². The van der Waals surface area contributed by atoms with Crippen molar-refractivity contribution < 1.29 is 27.8 Å². The number of ether oxygens (including phenoxy) is 2. The number of fused-ring (bicyclic) bond motifs is 1. The second kappa shape index (κ2) is 9.31. The Balaban J connectivity index is 1.41. The van der Waals surface area contributed by atoms with Gasteiger partial charge in [-0.05, 0) is 31.2 Å². The first-order chi connectivity index (χ1) is 15.4. The van der Waals surface area contributed by atoms with Crippen LogP contribution in [0.2, 0.25) is 0 Å². The van der Waals surface area contributed by atoms with E-state index in [2.05, 4.69) is 15.0 Å². The number of carbonyl (C=O) groups excluding carboxylic acids is 2. The molecule has 0 aliphatic carbocycles. The molecule has 166 valence electrons. The van der Waals surface area contributed by atoms with Crippen molar-refractivity contribution >= 4 is 34.0 Å². The molecule has 1 atom stereocenters. The topological polar surface area (TPSA) is 80.8 Å². The minimum atomic E-state index is -2.95. The third-order valence-electron chi connectivity index (χ3n) is 4.77. The van der Waals surface area contributed by atoms with Crippen LogP contribution in [-0.4, -0.2) is 36.1 Å². The number of amides is 2. The number of hydrogen-bond donors (Lipinski definition) is 1. The molecule has 0 fully saturated rings. The van der Waals surface area contributed by atoms with Crippen molar-refractivity contribution in [3.63, 3.8) is 0 Å². The second-order valence-corrected chi connectivity index (χ2v) is 7.79. The summed E-state index contributed by atoms with van der Waals surface area (Å²) in [6.45, 7) is -1.11. The van der Waals surface area contributed by atoms with Crippen molar-refractivity contribution in [1.82, 2.24) is 4.98 Å². The number of aromatic nitrogens is 1. The number of thiazole rings is 1. The summed E-state index contributed by atoms with van der Waals surface area (Å²) in [6, 6.07) is 13.5. The SMILES string of the molecule is CC1Oc2ccccc2N(CCC(=O)Nc2nc(-c3ccccc3OC(F)F)cs2)C1=O. The lowest BCUT2D eigenvalue weighted by atomic mass is 10.1. The van der Waals surface area contributed by atoms with Crippen LogP contribution >= 0.6 is 11.3 Å². The second-order valence-electron chi connectivity index (χ2n) is 6.93. The van der Waals surface area contributed by atoms with Crippen LogP contribution in [0.3, 0.4) is 0 Å². The zero-order valence-corrected chi connectivity index (χ0v) is 17.8. The number of hydrogen-bond acceptors (Lipinski definition) is 6. The predicted octanol–water partition coefficient (Wildman–Crippen LogP) is 4.55. The van der Waals surface area contributed by atoms with Crippen LogP contribution in [0.15, 0.2) is 53.9 Å². The fourth-order valence-corrected chi connectivity index (χ4v) is 4.04. The van der Waals surface area contributed by atoms with Crippen molar-refractivity contribution in [3.05, 3.63) is 53.9 Å². The zero-order chi connectivity index (χ0) is 22.7. The molecule has 10 heteroatoms. The Bertz CT molecular complexity index is 1140. The van der Waals surface area contributed by atoms with Crippen molar-refractivity contribution in [3.8, 4) is 22.8 Å². The van der Waals surface area contributed by atoms with Crippen molar-refractivity contribution in [1.29, 1.82) is 0 Å². The number of carbonyl (C=O) groups is 2. The Kier molecular flexibility index (Phi) is 6.31. The summed E-state index contributed by atoms with van der Waals surface area (Å²) in [5.74, 6) is 0.0506. The average Bonchev–Trinajstić information content (AvgIpc) is 3.22. The van der Waals surface area contributed by atoms with E-state index in [9.17, 15) is 18.4 Å². The molecular formula is C22H19F2N3O4S. The largest absolute Gasteiger partial charge is 0.479 e. The van der Waals surface area contributed by atoms with Gasteiger partial charge in [0.15, 0.2) is 11.2 Å². The molecule has 32 heavy (non-hydrogen) atoms. The van der Waals surface area contributed by atoms with E-state index < -0.39 is 12.7 Å². The summed E-state index contributed by atoms with van der Waals surface area (Å²) in [7, 11) is 0. The maximum Gasteiger partial charge on any atom is 0.387 e. The number of rotatable bonds is 7. The van der Waals surface area contributed by atoms with E-state index in [4.69, 9.17) is 4.74 Å². The Labute approximate surface area is 186 Å². The normalized spacial score (nSPS) is 15.3. The molecule has 1 unspecified atom stereocenters. The number of halogens is 2. The molecule has 1 aromatic heterocycles. The highest BCUT2D eigenvalue weighted by Gasteiger charge is 2.31. The third-order valence-corrected chi connectivity index (χ3v) is 5.52. The monoisotopic (exact) mass is 459 g/mol. The van der Waals surface area contributed by atoms with E-state index in [-0.39, 0.29) is 30.5 Å². The number of nitrogens with one attached hydrogen (secondary N) is 1. The van der Waals surface area contributed by atoms with Gasteiger partial charge in [0.25, 0.3) is 5.91 Å². The lowest BCUT2D eigenvalue weighted by Crippen LogP contribution is -2.45. The highest BCUT2D eigenvalue weighted by atomic mass is 32.1. The number of para-hydroxylation sites is 3. The van der Waals surface area contributed by atoms with Crippen LogP contribution < -0.4 is 19.7 Å². The van der Waals surface area contributed by atoms with Gasteiger partial charge in [0.05, 0.1) is 11.4 Å². The van der Waals surface area contributed by atoms with Gasteiger partial charge in [0.2, 0.25) is 5.91 Å². The first kappa shape index (κ1) is 21.7. The van der Waals surface area contributed by atoms with Crippen LogP contribution in [0.5, 0.6) is 11.5 Å². The van der Waals surface area contributed by atoms with E-state index in [1.54, 1.807) is 48.7 Å². The molecule has 0 saturated heterocycles. The molecule has 4 rings (SSSR count). The number of nitrogens with zero attached hydrogens (tertiary/aromatic N) is 2. The van der Waals surface area contributed by atoms with Crippen molar-refractivity contribution in [2.75, 3.05) is 16.8 Å². The molecule has 0 spiro atoms. The molecule has 0 saturated carbocycles. The molecule has 2 amide bonds.